The SMILES string of the molecule is C/C=C(/Cc1nc2c(Cc3ccccc3)nc(-c3ccccc3)cn2c1OC(=O)N(CCCN(C)C=O)CCCN1CCOCC1)OC. The summed E-state index contributed by atoms with van der Waals surface area (Å²) >= 11 is 0. The number of amides is 2. The van der Waals surface area contributed by atoms with Gasteiger partial charge in [0.05, 0.1) is 43.9 Å². The average Bonchev–Trinajstić information content (AvgIpc) is 3.47. The van der Waals surface area contributed by atoms with Crippen molar-refractivity contribution in [3.63, 3.8) is 0 Å². The van der Waals surface area contributed by atoms with Crippen LogP contribution in [-0.4, -0.2) is 108 Å². The molecule has 48 heavy (non-hydrogen) atoms. The number of carbonyl (C=O) groups excluding carboxylic acids is 2. The molecule has 0 saturated carbocycles. The molecule has 4 aromatic rings. The molecule has 2 amide bonds. The van der Waals surface area contributed by atoms with E-state index >= 15 is 0 Å². The minimum Gasteiger partial charge on any atom is -0.501 e. The highest BCUT2D eigenvalue weighted by Crippen LogP contribution is 2.30. The molecule has 11 heteroatoms. The molecule has 0 atom stereocenters. The van der Waals surface area contributed by atoms with Crippen molar-refractivity contribution in [1.29, 1.82) is 0 Å². The van der Waals surface area contributed by atoms with Gasteiger partial charge in [-0.2, -0.15) is 0 Å². The minimum absolute atomic E-state index is 0.337. The van der Waals surface area contributed by atoms with Crippen molar-refractivity contribution < 1.29 is 23.8 Å². The molecule has 0 aliphatic carbocycles. The van der Waals surface area contributed by atoms with Crippen LogP contribution in [0.4, 0.5) is 4.79 Å². The highest BCUT2D eigenvalue weighted by molar-refractivity contribution is 5.72. The molecule has 1 aliphatic rings. The molecule has 0 radical (unpaired) electrons. The maximum absolute atomic E-state index is 14.1. The van der Waals surface area contributed by atoms with Gasteiger partial charge in [0.2, 0.25) is 12.3 Å². The molecular formula is C37H46N6O5. The Balaban J connectivity index is 1.51. The van der Waals surface area contributed by atoms with E-state index in [9.17, 15) is 9.59 Å². The zero-order valence-corrected chi connectivity index (χ0v) is 28.2. The van der Waals surface area contributed by atoms with Crippen LogP contribution in [0.2, 0.25) is 0 Å². The van der Waals surface area contributed by atoms with E-state index in [-0.39, 0.29) is 0 Å². The first-order chi connectivity index (χ1) is 23.5. The summed E-state index contributed by atoms with van der Waals surface area (Å²) in [7, 11) is 3.36. The van der Waals surface area contributed by atoms with Gasteiger partial charge in [0.1, 0.15) is 5.69 Å². The number of ether oxygens (including phenoxy) is 3. The molecule has 11 nitrogen and oxygen atoms in total. The lowest BCUT2D eigenvalue weighted by molar-refractivity contribution is -0.117. The number of hydrogen-bond acceptors (Lipinski definition) is 8. The van der Waals surface area contributed by atoms with E-state index in [1.54, 1.807) is 24.0 Å². The number of hydrogen-bond donors (Lipinski definition) is 0. The summed E-state index contributed by atoms with van der Waals surface area (Å²) in [6.45, 7) is 7.47. The second-order valence-electron chi connectivity index (χ2n) is 11.9. The van der Waals surface area contributed by atoms with Gasteiger partial charge >= 0.3 is 6.09 Å². The molecule has 0 N–H and O–H groups in total. The highest BCUT2D eigenvalue weighted by atomic mass is 16.6. The zero-order chi connectivity index (χ0) is 33.7. The van der Waals surface area contributed by atoms with Crippen LogP contribution in [0.1, 0.15) is 36.7 Å². The van der Waals surface area contributed by atoms with E-state index in [1.165, 1.54) is 0 Å². The highest BCUT2D eigenvalue weighted by Gasteiger charge is 2.25. The second-order valence-corrected chi connectivity index (χ2v) is 11.9. The number of rotatable bonds is 16. The first-order valence-electron chi connectivity index (χ1n) is 16.6. The molecule has 2 aromatic carbocycles. The summed E-state index contributed by atoms with van der Waals surface area (Å²) in [4.78, 5) is 41.1. The number of benzene rings is 2. The van der Waals surface area contributed by atoms with Crippen molar-refractivity contribution in [2.75, 3.05) is 66.6 Å². The van der Waals surface area contributed by atoms with Gasteiger partial charge in [0.25, 0.3) is 0 Å². The van der Waals surface area contributed by atoms with Crippen LogP contribution in [0.5, 0.6) is 5.88 Å². The summed E-state index contributed by atoms with van der Waals surface area (Å²) in [5.74, 6) is 1.04. The molecule has 1 saturated heterocycles. The summed E-state index contributed by atoms with van der Waals surface area (Å²) < 4.78 is 19.3. The van der Waals surface area contributed by atoms with Gasteiger partial charge in [-0.3, -0.25) is 14.1 Å². The Kier molecular flexibility index (Phi) is 12.6. The van der Waals surface area contributed by atoms with E-state index in [2.05, 4.69) is 17.0 Å². The smallest absolute Gasteiger partial charge is 0.416 e. The van der Waals surface area contributed by atoms with Gasteiger partial charge in [0, 0.05) is 64.5 Å². The van der Waals surface area contributed by atoms with Crippen LogP contribution in [-0.2, 0) is 27.1 Å². The zero-order valence-electron chi connectivity index (χ0n) is 28.2. The van der Waals surface area contributed by atoms with Crippen molar-refractivity contribution in [2.45, 2.75) is 32.6 Å². The summed E-state index contributed by atoms with van der Waals surface area (Å²) in [5.41, 5.74) is 4.74. The number of allylic oxidation sites excluding steroid dienone is 2. The molecule has 0 unspecified atom stereocenters. The number of imidazole rings is 1. The summed E-state index contributed by atoms with van der Waals surface area (Å²) in [5, 5.41) is 0. The van der Waals surface area contributed by atoms with Gasteiger partial charge in [0.15, 0.2) is 5.65 Å². The van der Waals surface area contributed by atoms with Crippen LogP contribution in [0, 0.1) is 0 Å². The molecular weight excluding hydrogens is 608 g/mol. The Morgan fingerprint density at radius 2 is 1.67 bits per heavy atom. The minimum atomic E-state index is -0.462. The number of aromatic nitrogens is 3. The quantitative estimate of drug-likeness (QED) is 0.122. The third-order valence-electron chi connectivity index (χ3n) is 8.48. The van der Waals surface area contributed by atoms with Gasteiger partial charge < -0.3 is 24.0 Å². The molecule has 254 valence electrons. The van der Waals surface area contributed by atoms with Gasteiger partial charge in [-0.25, -0.2) is 14.8 Å². The Hall–Kier alpha value is -4.74. The third kappa shape index (κ3) is 9.20. The molecule has 0 bridgehead atoms. The number of nitrogens with zero attached hydrogens (tertiary/aromatic N) is 6. The maximum Gasteiger partial charge on any atom is 0.416 e. The van der Waals surface area contributed by atoms with E-state index in [0.29, 0.717) is 61.9 Å². The molecule has 0 spiro atoms. The number of methoxy groups -OCH3 is 1. The molecule has 3 heterocycles. The fraction of sp³-hybridized carbons (Fsp3) is 0.405. The Morgan fingerprint density at radius 3 is 2.35 bits per heavy atom. The van der Waals surface area contributed by atoms with E-state index < -0.39 is 6.09 Å². The van der Waals surface area contributed by atoms with Crippen molar-refractivity contribution in [2.24, 2.45) is 0 Å². The standard InChI is InChI=1S/C37H46N6O5/c1-4-31(46-3)26-33-36(48-37(45)42(19-11-17-40(2)28-44)20-12-18-41-21-23-47-24-22-41)43-27-34(30-15-9-6-10-16-30)38-32(35(43)39-33)25-29-13-7-5-8-14-29/h4-10,13-16,27-28H,11-12,17-26H2,1-3H3/b31-4-. The largest absolute Gasteiger partial charge is 0.501 e. The Bertz CT molecular complexity index is 1650. The van der Waals surface area contributed by atoms with Crippen LogP contribution >= 0.6 is 0 Å². The maximum atomic E-state index is 14.1. The van der Waals surface area contributed by atoms with E-state index in [4.69, 9.17) is 24.2 Å². The molecule has 5 rings (SSSR count). The molecule has 2 aromatic heterocycles. The van der Waals surface area contributed by atoms with Crippen molar-refractivity contribution >= 4 is 18.2 Å². The summed E-state index contributed by atoms with van der Waals surface area (Å²) in [6.07, 6.45) is 6.41. The fourth-order valence-corrected chi connectivity index (χ4v) is 5.79. The van der Waals surface area contributed by atoms with E-state index in [1.807, 2.05) is 72.1 Å². The van der Waals surface area contributed by atoms with Crippen LogP contribution in [0.3, 0.4) is 0 Å². The van der Waals surface area contributed by atoms with Crippen LogP contribution in [0.15, 0.2) is 78.7 Å². The van der Waals surface area contributed by atoms with Crippen molar-refractivity contribution in [3.05, 3.63) is 95.6 Å². The Labute approximate surface area is 282 Å². The van der Waals surface area contributed by atoms with Gasteiger partial charge in [-0.15, -0.1) is 0 Å². The number of morpholine rings is 1. The topological polar surface area (TPSA) is 102 Å². The third-order valence-corrected chi connectivity index (χ3v) is 8.48. The van der Waals surface area contributed by atoms with Crippen LogP contribution in [0.25, 0.3) is 16.9 Å². The second kappa shape index (κ2) is 17.4. The Morgan fingerprint density at radius 1 is 0.958 bits per heavy atom. The molecule has 1 aliphatic heterocycles. The predicted octanol–water partition coefficient (Wildman–Crippen LogP) is 5.08. The lowest BCUT2D eigenvalue weighted by Gasteiger charge is -2.28. The lowest BCUT2D eigenvalue weighted by Crippen LogP contribution is -2.40. The van der Waals surface area contributed by atoms with Gasteiger partial charge in [-0.05, 0) is 31.4 Å². The molecule has 1 fully saturated rings. The van der Waals surface area contributed by atoms with Gasteiger partial charge in [-0.1, -0.05) is 60.7 Å². The monoisotopic (exact) mass is 654 g/mol. The average molecular weight is 655 g/mol. The number of carbonyl (C=O) groups is 2. The van der Waals surface area contributed by atoms with Crippen molar-refractivity contribution in [3.8, 4) is 17.1 Å². The normalized spacial score (nSPS) is 13.8. The predicted molar refractivity (Wildman–Crippen MR) is 185 cm³/mol. The number of fused-ring (bicyclic) bond motifs is 1. The first kappa shape index (κ1) is 34.6. The van der Waals surface area contributed by atoms with Crippen LogP contribution < -0.4 is 4.74 Å². The van der Waals surface area contributed by atoms with E-state index in [0.717, 1.165) is 68.2 Å². The lowest BCUT2D eigenvalue weighted by atomic mass is 10.1. The van der Waals surface area contributed by atoms with Crippen molar-refractivity contribution in [1.82, 2.24) is 29.1 Å². The first-order valence-corrected chi connectivity index (χ1v) is 16.6. The fourth-order valence-electron chi connectivity index (χ4n) is 5.79. The summed E-state index contributed by atoms with van der Waals surface area (Å²) in [6, 6.07) is 20.1.